The van der Waals surface area contributed by atoms with Crippen LogP contribution in [0.1, 0.15) is 20.8 Å². The predicted octanol–water partition coefficient (Wildman–Crippen LogP) is -1.01. The summed E-state index contributed by atoms with van der Waals surface area (Å²) in [6.45, 7) is 6.97. The van der Waals surface area contributed by atoms with Crippen molar-refractivity contribution in [2.75, 3.05) is 0 Å². The topological polar surface area (TPSA) is 0 Å². The fourth-order valence-corrected chi connectivity index (χ4v) is 2.60. The Morgan fingerprint density at radius 2 is 0.900 bits per heavy atom. The first-order valence-corrected chi connectivity index (χ1v) is 5.80. The Morgan fingerprint density at radius 3 is 0.900 bits per heavy atom. The van der Waals surface area contributed by atoms with Gasteiger partial charge >= 0.3 is 0 Å². The second-order valence-electron chi connectivity index (χ2n) is 2.09. The summed E-state index contributed by atoms with van der Waals surface area (Å²) >= 11 is -0.171. The van der Waals surface area contributed by atoms with Crippen LogP contribution in [-0.4, -0.2) is 66.2 Å². The van der Waals surface area contributed by atoms with Crippen molar-refractivity contribution in [1.29, 1.82) is 0 Å². The molecule has 60 valence electrons. The first-order chi connectivity index (χ1) is 3.35. The molecule has 0 atom stereocenters. The molecule has 0 aliphatic rings. The van der Waals surface area contributed by atoms with Gasteiger partial charge in [-0.3, -0.25) is 0 Å². The van der Waals surface area contributed by atoms with E-state index in [4.69, 9.17) is 0 Å². The molecule has 10 heavy (non-hydrogen) atoms. The molecule has 0 radical (unpaired) electrons. The first-order valence-electron chi connectivity index (χ1n) is 3.35. The van der Waals surface area contributed by atoms with Gasteiger partial charge < -0.3 is 0 Å². The van der Waals surface area contributed by atoms with Gasteiger partial charge in [-0.2, -0.15) is 0 Å². The number of hydrogen-bond donors (Lipinski definition) is 0. The molecule has 0 aromatic heterocycles. The van der Waals surface area contributed by atoms with Gasteiger partial charge in [-0.25, -0.2) is 0 Å². The van der Waals surface area contributed by atoms with Crippen molar-refractivity contribution < 1.29 is 0 Å². The number of hydrogen-bond acceptors (Lipinski definition) is 0. The Hall–Kier alpha value is 2.13. The van der Waals surface area contributed by atoms with Crippen LogP contribution in [0.5, 0.6) is 0 Å². The van der Waals surface area contributed by atoms with E-state index in [1.807, 2.05) is 0 Å². The molecule has 0 bridgehead atoms. The zero-order valence-electron chi connectivity index (χ0n) is 5.70. The van der Waals surface area contributed by atoms with Crippen molar-refractivity contribution in [3.8, 4) is 0 Å². The summed E-state index contributed by atoms with van der Waals surface area (Å²) in [6.07, 6.45) is 0. The molecule has 0 saturated carbocycles. The van der Waals surface area contributed by atoms with Crippen LogP contribution in [0.15, 0.2) is 0 Å². The number of rotatable bonds is 3. The lowest BCUT2D eigenvalue weighted by Gasteiger charge is -1.97. The molecule has 0 aliphatic heterocycles. The van der Waals surface area contributed by atoms with Crippen molar-refractivity contribution in [3.05, 3.63) is 0 Å². The molecule has 0 heterocycles. The molecule has 0 amide bonds. The second-order valence-corrected chi connectivity index (χ2v) is 6.27. The second kappa shape index (κ2) is 17.3. The standard InChI is InChI=1S/3C2H5.4Al.9H/c3*1-2;;;;;;;;;;;;;/h3*1H2,2H3;;;;;;;;;;;;;. The Kier molecular flexibility index (Phi) is 39.3. The molecule has 0 aromatic carbocycles. The molecule has 0 saturated heterocycles. The summed E-state index contributed by atoms with van der Waals surface area (Å²) in [5.74, 6) is 0. The van der Waals surface area contributed by atoms with E-state index in [2.05, 4.69) is 20.8 Å². The quantitative estimate of drug-likeness (QED) is 0.517. The van der Waals surface area contributed by atoms with Gasteiger partial charge in [0.1, 0.15) is 0 Å². The molecule has 0 fully saturated rings. The Balaban J connectivity index is -0.0000000600. The van der Waals surface area contributed by atoms with Gasteiger partial charge in [-0.1, -0.05) is 36.6 Å². The van der Waals surface area contributed by atoms with Gasteiger partial charge in [-0.05, 0) is 0 Å². The molecular weight excluding hydrogens is 180 g/mol. The molecule has 0 spiro atoms. The SMILES string of the molecule is C[CH2][Al]([CH2]C)[CH2]C.[AlH3].[AlH3].[AlH3]. The van der Waals surface area contributed by atoms with Crippen LogP contribution in [0.25, 0.3) is 0 Å². The van der Waals surface area contributed by atoms with Crippen LogP contribution in [0, 0.1) is 0 Å². The summed E-state index contributed by atoms with van der Waals surface area (Å²) in [5.41, 5.74) is 0. The van der Waals surface area contributed by atoms with Gasteiger partial charge in [0.2, 0.25) is 0 Å². The fraction of sp³-hybridized carbons (Fsp3) is 1.00. The maximum Gasteiger partial charge on any atom is 0.261 e. The molecule has 0 aromatic rings. The zero-order chi connectivity index (χ0) is 5.70. The van der Waals surface area contributed by atoms with Crippen molar-refractivity contribution in [2.45, 2.75) is 36.6 Å². The van der Waals surface area contributed by atoms with Crippen LogP contribution in [0.2, 0.25) is 15.8 Å². The van der Waals surface area contributed by atoms with Crippen molar-refractivity contribution >= 4 is 66.2 Å². The summed E-state index contributed by atoms with van der Waals surface area (Å²) in [7, 11) is 0. The highest BCUT2D eigenvalue weighted by atomic mass is 27.2. The van der Waals surface area contributed by atoms with Gasteiger partial charge in [0.15, 0.2) is 52.1 Å². The Morgan fingerprint density at radius 1 is 0.700 bits per heavy atom. The lowest BCUT2D eigenvalue weighted by molar-refractivity contribution is 1.24. The van der Waals surface area contributed by atoms with Crippen LogP contribution >= 0.6 is 0 Å². The molecule has 0 aliphatic carbocycles. The average Bonchev–Trinajstić information content (AvgIpc) is 1.72. The highest BCUT2D eigenvalue weighted by Crippen LogP contribution is 2.01. The normalized spacial score (nSPS) is 6.30. The van der Waals surface area contributed by atoms with E-state index < -0.39 is 0 Å². The third-order valence-electron chi connectivity index (χ3n) is 1.73. The highest BCUT2D eigenvalue weighted by Gasteiger charge is 2.05. The van der Waals surface area contributed by atoms with Gasteiger partial charge in [0.05, 0.1) is 0 Å². The molecule has 0 N–H and O–H groups in total. The molecule has 0 nitrogen and oxygen atoms in total. The summed E-state index contributed by atoms with van der Waals surface area (Å²) in [6, 6.07) is 0. The molecular formula is C6H24Al4. The molecule has 0 rings (SSSR count). The average molecular weight is 204 g/mol. The highest BCUT2D eigenvalue weighted by molar-refractivity contribution is 6.58. The van der Waals surface area contributed by atoms with Gasteiger partial charge in [0.25, 0.3) is 14.1 Å². The smallest absolute Gasteiger partial charge is 0.0967 e. The van der Waals surface area contributed by atoms with E-state index in [-0.39, 0.29) is 66.2 Å². The van der Waals surface area contributed by atoms with Crippen molar-refractivity contribution in [2.24, 2.45) is 0 Å². The van der Waals surface area contributed by atoms with E-state index in [0.717, 1.165) is 0 Å². The van der Waals surface area contributed by atoms with Gasteiger partial charge in [-0.15, -0.1) is 0 Å². The van der Waals surface area contributed by atoms with E-state index in [1.54, 1.807) is 0 Å². The molecule has 0 unspecified atom stereocenters. The maximum absolute atomic E-state index is 2.32. The van der Waals surface area contributed by atoms with E-state index in [9.17, 15) is 0 Å². The minimum atomic E-state index is -0.171. The minimum Gasteiger partial charge on any atom is -0.0967 e. The monoisotopic (exact) mass is 204 g/mol. The van der Waals surface area contributed by atoms with Crippen LogP contribution in [0.3, 0.4) is 0 Å². The minimum absolute atomic E-state index is 0. The Labute approximate surface area is 102 Å². The zero-order valence-corrected chi connectivity index (χ0v) is 6.85. The largest absolute Gasteiger partial charge is 0.261 e. The summed E-state index contributed by atoms with van der Waals surface area (Å²) in [4.78, 5) is 0. The third kappa shape index (κ3) is 12.8. The van der Waals surface area contributed by atoms with E-state index in [1.165, 1.54) is 15.8 Å². The Bertz CT molecular complexity index is 31.2. The summed E-state index contributed by atoms with van der Waals surface area (Å²) < 4.78 is 0. The summed E-state index contributed by atoms with van der Waals surface area (Å²) in [5, 5.41) is 4.48. The lowest BCUT2D eigenvalue weighted by atomic mass is 10.9. The molecule has 4 heteroatoms. The van der Waals surface area contributed by atoms with Crippen molar-refractivity contribution in [1.82, 2.24) is 0 Å². The van der Waals surface area contributed by atoms with Crippen LogP contribution in [-0.2, 0) is 0 Å². The van der Waals surface area contributed by atoms with Gasteiger partial charge in [0, 0.05) is 0 Å². The first kappa shape index (κ1) is 22.7. The fourth-order valence-electron chi connectivity index (χ4n) is 0.866. The predicted molar refractivity (Wildman–Crippen MR) is 67.0 cm³/mol. The van der Waals surface area contributed by atoms with E-state index in [0.29, 0.717) is 0 Å². The van der Waals surface area contributed by atoms with E-state index >= 15 is 0 Å². The van der Waals surface area contributed by atoms with Crippen LogP contribution < -0.4 is 0 Å². The lowest BCUT2D eigenvalue weighted by Crippen LogP contribution is -2.04. The maximum atomic E-state index is 2.32. The van der Waals surface area contributed by atoms with Crippen LogP contribution in [0.4, 0.5) is 0 Å². The third-order valence-corrected chi connectivity index (χ3v) is 5.20. The van der Waals surface area contributed by atoms with Crippen molar-refractivity contribution in [3.63, 3.8) is 0 Å².